The second kappa shape index (κ2) is 7.34. The average Bonchev–Trinajstić information content (AvgIpc) is 0.722. The topological polar surface area (TPSA) is 80.9 Å². The van der Waals surface area contributed by atoms with Gasteiger partial charge in [0.25, 0.3) is 0 Å². The molecule has 0 saturated carbocycles. The molecule has 7 heavy (non-hydrogen) atoms. The third-order valence-corrected chi connectivity index (χ3v) is 0. The molecule has 39 valence electrons. The van der Waals surface area contributed by atoms with E-state index in [0.29, 0.717) is 0 Å². The molecular weight excluding hydrogens is 338 g/mol. The van der Waals surface area contributed by atoms with E-state index in [1.54, 1.807) is 0 Å². The van der Waals surface area contributed by atoms with E-state index in [0.717, 1.165) is 0 Å². The summed E-state index contributed by atoms with van der Waals surface area (Å²) < 4.78 is 29.5. The van der Waals surface area contributed by atoms with Crippen molar-refractivity contribution in [2.45, 2.75) is 0 Å². The van der Waals surface area contributed by atoms with Gasteiger partial charge in [-0.15, -0.1) is 0 Å². The summed E-state index contributed by atoms with van der Waals surface area (Å²) in [6.07, 6.45) is 0. The second-order valence-electron chi connectivity index (χ2n) is 0.600. The van der Waals surface area contributed by atoms with E-state index in [2.05, 4.69) is 0 Å². The van der Waals surface area contributed by atoms with Crippen LogP contribution in [-0.2, 0) is 18.1 Å². The molecule has 1 radical (unpaired) electrons. The minimum atomic E-state index is -5.00. The van der Waals surface area contributed by atoms with E-state index >= 15 is 0 Å². The molecule has 0 heterocycles. The Morgan fingerprint density at radius 2 is 0.857 bits per heavy atom. The molecular formula is H6LaO4SrTi. The van der Waals surface area contributed by atoms with Crippen LogP contribution < -0.4 is 0 Å². The maximum atomic E-state index is 7.38. The Hall–Kier alpha value is 3.23. The van der Waals surface area contributed by atoms with Crippen LogP contribution in [0.2, 0.25) is 0 Å². The molecule has 0 bridgehead atoms. The van der Waals surface area contributed by atoms with Crippen molar-refractivity contribution in [1.29, 1.82) is 0 Å². The van der Waals surface area contributed by atoms with Crippen LogP contribution in [0.4, 0.5) is 0 Å². The van der Waals surface area contributed by atoms with Crippen LogP contribution >= 0.6 is 0 Å². The van der Waals surface area contributed by atoms with Gasteiger partial charge in [0.15, 0.2) is 0 Å². The first-order valence-corrected chi connectivity index (χ1v) is 3.69. The molecule has 0 fully saturated rings. The van der Waals surface area contributed by atoms with Gasteiger partial charge in [0.1, 0.15) is 0 Å². The quantitative estimate of drug-likeness (QED) is 0.350. The monoisotopic (exact) mass is 345 g/mol. The summed E-state index contributed by atoms with van der Waals surface area (Å²) in [4.78, 5) is 0. The van der Waals surface area contributed by atoms with E-state index < -0.39 is 18.1 Å². The Bertz CT molecular complexity index is 27.2. The van der Waals surface area contributed by atoms with E-state index in [-0.39, 0.29) is 81.1 Å². The summed E-state index contributed by atoms with van der Waals surface area (Å²) in [6.45, 7) is 0. The van der Waals surface area contributed by atoms with Crippen LogP contribution in [0.25, 0.3) is 0 Å². The Morgan fingerprint density at radius 1 is 0.857 bits per heavy atom. The van der Waals surface area contributed by atoms with Gasteiger partial charge in [0.2, 0.25) is 0 Å². The summed E-state index contributed by atoms with van der Waals surface area (Å²) in [7, 11) is 0. The summed E-state index contributed by atoms with van der Waals surface area (Å²) >= 11 is -5.00. The van der Waals surface area contributed by atoms with Gasteiger partial charge in [-0.3, -0.25) is 0 Å². The summed E-state index contributed by atoms with van der Waals surface area (Å²) in [6, 6.07) is 0. The van der Waals surface area contributed by atoms with Crippen molar-refractivity contribution in [1.82, 2.24) is 0 Å². The van der Waals surface area contributed by atoms with Gasteiger partial charge in [-0.2, -0.15) is 0 Å². The van der Waals surface area contributed by atoms with Crippen molar-refractivity contribution >= 4 is 45.5 Å². The zero-order valence-electron chi connectivity index (χ0n) is 2.87. The van der Waals surface area contributed by atoms with Gasteiger partial charge < -0.3 is 0 Å². The molecule has 0 amide bonds. The minimum absolute atomic E-state index is 0. The van der Waals surface area contributed by atoms with Crippen molar-refractivity contribution in [3.8, 4) is 0 Å². The summed E-state index contributed by atoms with van der Waals surface area (Å²) in [5, 5.41) is 0. The van der Waals surface area contributed by atoms with Crippen molar-refractivity contribution in [3.05, 3.63) is 0 Å². The van der Waals surface area contributed by atoms with Crippen LogP contribution in [0, 0.1) is 35.6 Å². The molecule has 0 atom stereocenters. The van der Waals surface area contributed by atoms with Crippen LogP contribution in [0.3, 0.4) is 0 Å². The fraction of sp³-hybridized carbons (Fsp3) is 0. The molecule has 0 saturated heterocycles. The van der Waals surface area contributed by atoms with Crippen LogP contribution in [0.5, 0.6) is 0 Å². The van der Waals surface area contributed by atoms with Crippen molar-refractivity contribution in [3.63, 3.8) is 0 Å². The molecule has 0 spiro atoms. The zero-order chi connectivity index (χ0) is 4.50. The van der Waals surface area contributed by atoms with Crippen molar-refractivity contribution < 1.29 is 68.5 Å². The van der Waals surface area contributed by atoms with Gasteiger partial charge in [-0.05, 0) is 0 Å². The molecule has 0 aliphatic rings. The van der Waals surface area contributed by atoms with Gasteiger partial charge in [0, 0.05) is 35.6 Å². The number of hydrogen-bond donors (Lipinski definition) is 4. The van der Waals surface area contributed by atoms with Gasteiger partial charge >= 0.3 is 78.4 Å². The van der Waals surface area contributed by atoms with Crippen LogP contribution in [-0.4, -0.2) is 60.2 Å². The standard InChI is InChI=1S/La.4H2O.Sr.Ti.2H/h;4*1H2;;;;/q;;;;;;+4;;/p-4. The van der Waals surface area contributed by atoms with Gasteiger partial charge in [-0.25, -0.2) is 0 Å². The second-order valence-corrected chi connectivity index (χ2v) is 2.47. The van der Waals surface area contributed by atoms with E-state index in [1.165, 1.54) is 0 Å². The first kappa shape index (κ1) is 16.7. The number of rotatable bonds is 0. The third-order valence-electron chi connectivity index (χ3n) is 0. The predicted molar refractivity (Wildman–Crippen MR) is 17.4 cm³/mol. The van der Waals surface area contributed by atoms with Gasteiger partial charge in [0.05, 0.1) is 0 Å². The summed E-state index contributed by atoms with van der Waals surface area (Å²) in [5.41, 5.74) is 0. The van der Waals surface area contributed by atoms with Crippen LogP contribution in [0.1, 0.15) is 0 Å². The van der Waals surface area contributed by atoms with Gasteiger partial charge in [-0.1, -0.05) is 0 Å². The van der Waals surface area contributed by atoms with Crippen molar-refractivity contribution in [2.75, 3.05) is 0 Å². The fourth-order valence-electron chi connectivity index (χ4n) is 0. The first-order valence-electron chi connectivity index (χ1n) is 0.894. The SMILES string of the molecule is [La].[OH][Ti]([OH])([OH])[OH].[SrH2]. The van der Waals surface area contributed by atoms with Crippen molar-refractivity contribution in [2.24, 2.45) is 0 Å². The van der Waals surface area contributed by atoms with Crippen LogP contribution in [0.15, 0.2) is 0 Å². The molecule has 0 rings (SSSR count). The molecule has 0 aliphatic carbocycles. The Morgan fingerprint density at radius 3 is 0.857 bits per heavy atom. The van der Waals surface area contributed by atoms with E-state index in [9.17, 15) is 0 Å². The average molecular weight is 344 g/mol. The molecule has 0 aromatic carbocycles. The van der Waals surface area contributed by atoms with E-state index in [4.69, 9.17) is 14.8 Å². The first-order chi connectivity index (χ1) is 2.00. The maximum absolute atomic E-state index is 7.38. The molecule has 0 aliphatic heterocycles. The molecule has 0 aromatic rings. The third kappa shape index (κ3) is 46.3. The molecule has 4 nitrogen and oxygen atoms in total. The normalized spacial score (nSPS) is 8.57. The summed E-state index contributed by atoms with van der Waals surface area (Å²) in [5.74, 6) is 0. The molecule has 4 N–H and O–H groups in total. The Balaban J connectivity index is -0.0000000800. The molecule has 0 unspecified atom stereocenters. The fourth-order valence-corrected chi connectivity index (χ4v) is 0. The zero-order valence-corrected chi connectivity index (χ0v) is 8.05. The molecule has 7 heteroatoms. The Kier molecular flexibility index (Phi) is 17.5. The molecule has 0 aromatic heterocycles. The predicted octanol–water partition coefficient (Wildman–Crippen LogP) is -3.15. The van der Waals surface area contributed by atoms with E-state index in [1.807, 2.05) is 0 Å². The Labute approximate surface area is 111 Å². The number of hydrogen-bond acceptors (Lipinski definition) is 4.